The molecule has 4 aromatic rings. The first-order valence-corrected chi connectivity index (χ1v) is 11.6. The van der Waals surface area contributed by atoms with Crippen LogP contribution in [0.4, 0.5) is 0 Å². The fraction of sp³-hybridized carbons (Fsp3) is 0.0714. The maximum Gasteiger partial charge on any atom is 0.159 e. The van der Waals surface area contributed by atoms with Crippen LogP contribution in [0.5, 0.6) is 0 Å². The van der Waals surface area contributed by atoms with Gasteiger partial charge in [-0.2, -0.15) is 0 Å². The average Bonchev–Trinajstić information content (AvgIpc) is 2.85. The van der Waals surface area contributed by atoms with Crippen LogP contribution in [-0.2, 0) is 5.66 Å². The molecule has 1 N–H and O–H groups in total. The Labute approximate surface area is 202 Å². The highest BCUT2D eigenvalue weighted by molar-refractivity contribution is 14.1. The van der Waals surface area contributed by atoms with Crippen molar-refractivity contribution in [1.29, 1.82) is 0 Å². The second-order valence-corrected chi connectivity index (χ2v) is 9.15. The van der Waals surface area contributed by atoms with Crippen molar-refractivity contribution in [1.82, 2.24) is 5.32 Å². The van der Waals surface area contributed by atoms with Crippen molar-refractivity contribution >= 4 is 34.3 Å². The standard InChI is InChI=1S/C28H22IN3/c1-28(24-10-6-3-7-11-24)31-26(30-27(32-28)23-16-18-25(29)19-17-23)22-14-12-21(13-15-22)20-8-4-2-5-9-20/h2-19H,1H3,(H,30,31,32). The molecule has 0 aliphatic carbocycles. The number of amidine groups is 2. The highest BCUT2D eigenvalue weighted by Crippen LogP contribution is 2.28. The van der Waals surface area contributed by atoms with Gasteiger partial charge in [0.15, 0.2) is 11.5 Å². The number of benzene rings is 4. The number of hydrogen-bond acceptors (Lipinski definition) is 3. The van der Waals surface area contributed by atoms with Crippen LogP contribution in [0.1, 0.15) is 23.6 Å². The summed E-state index contributed by atoms with van der Waals surface area (Å²) in [6, 6.07) is 37.6. The molecule has 1 aliphatic heterocycles. The molecule has 0 bridgehead atoms. The van der Waals surface area contributed by atoms with E-state index in [4.69, 9.17) is 9.98 Å². The van der Waals surface area contributed by atoms with Crippen LogP contribution in [0.2, 0.25) is 0 Å². The third-order valence-corrected chi connectivity index (χ3v) is 6.33. The van der Waals surface area contributed by atoms with Gasteiger partial charge in [0.25, 0.3) is 0 Å². The SMILES string of the molecule is CC1(c2ccccc2)N=C(c2ccc(I)cc2)N=C(c2ccc(-c3ccccc3)cc2)N1. The molecular weight excluding hydrogens is 505 g/mol. The molecule has 4 heteroatoms. The summed E-state index contributed by atoms with van der Waals surface area (Å²) in [5.74, 6) is 1.55. The predicted octanol–water partition coefficient (Wildman–Crippen LogP) is 6.63. The zero-order valence-electron chi connectivity index (χ0n) is 17.7. The van der Waals surface area contributed by atoms with E-state index in [9.17, 15) is 0 Å². The molecule has 0 fully saturated rings. The summed E-state index contributed by atoms with van der Waals surface area (Å²) in [7, 11) is 0. The zero-order chi connectivity index (χ0) is 22.0. The van der Waals surface area contributed by atoms with E-state index in [1.165, 1.54) is 14.7 Å². The Morgan fingerprint density at radius 1 is 0.625 bits per heavy atom. The van der Waals surface area contributed by atoms with Crippen molar-refractivity contribution in [3.63, 3.8) is 0 Å². The topological polar surface area (TPSA) is 36.8 Å². The molecule has 1 heterocycles. The van der Waals surface area contributed by atoms with E-state index in [1.54, 1.807) is 0 Å². The number of aliphatic imine (C=N–C) groups is 2. The maximum absolute atomic E-state index is 5.04. The molecule has 156 valence electrons. The van der Waals surface area contributed by atoms with Gasteiger partial charge in [-0.05, 0) is 58.3 Å². The molecule has 1 aliphatic rings. The fourth-order valence-electron chi connectivity index (χ4n) is 3.84. The summed E-state index contributed by atoms with van der Waals surface area (Å²) < 4.78 is 1.19. The minimum atomic E-state index is -0.616. The molecule has 4 aromatic carbocycles. The molecule has 32 heavy (non-hydrogen) atoms. The summed E-state index contributed by atoms with van der Waals surface area (Å²) in [4.78, 5) is 9.97. The largest absolute Gasteiger partial charge is 0.342 e. The van der Waals surface area contributed by atoms with E-state index in [0.717, 1.165) is 28.4 Å². The Kier molecular flexibility index (Phi) is 5.62. The van der Waals surface area contributed by atoms with Crippen LogP contribution < -0.4 is 5.32 Å². The van der Waals surface area contributed by atoms with Gasteiger partial charge in [0.05, 0.1) is 0 Å². The molecule has 1 unspecified atom stereocenters. The third kappa shape index (κ3) is 4.23. The van der Waals surface area contributed by atoms with Gasteiger partial charge >= 0.3 is 0 Å². The lowest BCUT2D eigenvalue weighted by Crippen LogP contribution is -2.46. The second kappa shape index (κ2) is 8.71. The van der Waals surface area contributed by atoms with Gasteiger partial charge in [0.1, 0.15) is 5.84 Å². The molecule has 3 nitrogen and oxygen atoms in total. The normalized spacial score (nSPS) is 17.8. The first kappa shape index (κ1) is 20.6. The van der Waals surface area contributed by atoms with Gasteiger partial charge in [-0.15, -0.1) is 0 Å². The van der Waals surface area contributed by atoms with Crippen molar-refractivity contribution < 1.29 is 0 Å². The van der Waals surface area contributed by atoms with Gasteiger partial charge in [0.2, 0.25) is 0 Å². The molecule has 1 atom stereocenters. The van der Waals surface area contributed by atoms with Crippen LogP contribution in [0.3, 0.4) is 0 Å². The Morgan fingerprint density at radius 2 is 1.16 bits per heavy atom. The summed E-state index contributed by atoms with van der Waals surface area (Å²) in [5.41, 5.74) is 4.90. The number of hydrogen-bond donors (Lipinski definition) is 1. The molecular formula is C28H22IN3. The Morgan fingerprint density at radius 3 is 1.81 bits per heavy atom. The van der Waals surface area contributed by atoms with Gasteiger partial charge in [0, 0.05) is 14.7 Å². The maximum atomic E-state index is 5.04. The molecule has 0 amide bonds. The van der Waals surface area contributed by atoms with Crippen LogP contribution in [0, 0.1) is 3.57 Å². The second-order valence-electron chi connectivity index (χ2n) is 7.91. The summed E-state index contributed by atoms with van der Waals surface area (Å²) in [6.07, 6.45) is 0. The van der Waals surface area contributed by atoms with Crippen LogP contribution in [-0.4, -0.2) is 11.7 Å². The molecule has 0 radical (unpaired) electrons. The van der Waals surface area contributed by atoms with Gasteiger partial charge in [-0.25, -0.2) is 9.98 Å². The lowest BCUT2D eigenvalue weighted by Gasteiger charge is -2.33. The monoisotopic (exact) mass is 527 g/mol. The van der Waals surface area contributed by atoms with E-state index < -0.39 is 5.66 Å². The van der Waals surface area contributed by atoms with Crippen molar-refractivity contribution in [3.05, 3.63) is 129 Å². The van der Waals surface area contributed by atoms with Gasteiger partial charge in [-0.1, -0.05) is 97.1 Å². The zero-order valence-corrected chi connectivity index (χ0v) is 19.8. The minimum Gasteiger partial charge on any atom is -0.342 e. The summed E-state index contributed by atoms with van der Waals surface area (Å²) >= 11 is 2.32. The molecule has 5 rings (SSSR count). The number of nitrogens with one attached hydrogen (secondary N) is 1. The molecule has 0 aromatic heterocycles. The van der Waals surface area contributed by atoms with E-state index in [2.05, 4.69) is 120 Å². The van der Waals surface area contributed by atoms with Crippen LogP contribution in [0.25, 0.3) is 11.1 Å². The highest BCUT2D eigenvalue weighted by Gasteiger charge is 2.31. The first-order chi connectivity index (χ1) is 15.6. The Bertz CT molecular complexity index is 1280. The molecule has 0 saturated heterocycles. The number of halogens is 1. The van der Waals surface area contributed by atoms with Crippen molar-refractivity contribution in [2.45, 2.75) is 12.6 Å². The van der Waals surface area contributed by atoms with E-state index in [-0.39, 0.29) is 0 Å². The fourth-order valence-corrected chi connectivity index (χ4v) is 4.20. The third-order valence-electron chi connectivity index (χ3n) is 5.61. The van der Waals surface area contributed by atoms with E-state index >= 15 is 0 Å². The first-order valence-electron chi connectivity index (χ1n) is 10.5. The van der Waals surface area contributed by atoms with Crippen LogP contribution >= 0.6 is 22.6 Å². The molecule has 0 saturated carbocycles. The Balaban J connectivity index is 1.56. The van der Waals surface area contributed by atoms with E-state index in [1.807, 2.05) is 24.3 Å². The van der Waals surface area contributed by atoms with Gasteiger partial charge < -0.3 is 5.32 Å². The Hall–Kier alpha value is -3.25. The van der Waals surface area contributed by atoms with Crippen molar-refractivity contribution in [3.8, 4) is 11.1 Å². The van der Waals surface area contributed by atoms with Gasteiger partial charge in [-0.3, -0.25) is 0 Å². The number of nitrogens with zero attached hydrogens (tertiary/aromatic N) is 2. The van der Waals surface area contributed by atoms with Crippen molar-refractivity contribution in [2.75, 3.05) is 0 Å². The highest BCUT2D eigenvalue weighted by atomic mass is 127. The quantitative estimate of drug-likeness (QED) is 0.298. The summed E-state index contributed by atoms with van der Waals surface area (Å²) in [5, 5.41) is 3.59. The lowest BCUT2D eigenvalue weighted by molar-refractivity contribution is 0.455. The average molecular weight is 527 g/mol. The van der Waals surface area contributed by atoms with Crippen molar-refractivity contribution in [2.24, 2.45) is 9.98 Å². The summed E-state index contributed by atoms with van der Waals surface area (Å²) in [6.45, 7) is 2.10. The number of rotatable bonds is 4. The minimum absolute atomic E-state index is 0.616. The van der Waals surface area contributed by atoms with Crippen LogP contribution in [0.15, 0.2) is 119 Å². The van der Waals surface area contributed by atoms with E-state index in [0.29, 0.717) is 0 Å². The lowest BCUT2D eigenvalue weighted by atomic mass is 9.98. The molecule has 0 spiro atoms. The smallest absolute Gasteiger partial charge is 0.159 e. The predicted molar refractivity (Wildman–Crippen MR) is 141 cm³/mol.